The molecule has 0 unspecified atom stereocenters. The zero-order chi connectivity index (χ0) is 12.2. The van der Waals surface area contributed by atoms with Gasteiger partial charge in [0.2, 0.25) is 0 Å². The van der Waals surface area contributed by atoms with E-state index in [1.807, 2.05) is 0 Å². The predicted octanol–water partition coefficient (Wildman–Crippen LogP) is 2.72. The van der Waals surface area contributed by atoms with Crippen molar-refractivity contribution < 1.29 is 18.6 Å². The number of rotatable bonds is 5. The van der Waals surface area contributed by atoms with Gasteiger partial charge < -0.3 is 14.2 Å². The minimum Gasteiger partial charge on any atom is -0.331 e. The highest BCUT2D eigenvalue weighted by Crippen LogP contribution is 2.22. The van der Waals surface area contributed by atoms with E-state index in [-0.39, 0.29) is 5.82 Å². The lowest BCUT2D eigenvalue weighted by Crippen LogP contribution is -2.38. The van der Waals surface area contributed by atoms with Gasteiger partial charge in [0.05, 0.1) is 10.9 Å². The van der Waals surface area contributed by atoms with Crippen molar-refractivity contribution in [2.24, 2.45) is 0 Å². The number of ether oxygens (including phenoxy) is 3. The quantitative estimate of drug-likeness (QED) is 0.781. The van der Waals surface area contributed by atoms with E-state index in [4.69, 9.17) is 14.2 Å². The van der Waals surface area contributed by atoms with Crippen LogP contribution >= 0.6 is 15.9 Å². The Balaban J connectivity index is 2.89. The van der Waals surface area contributed by atoms with Gasteiger partial charge >= 0.3 is 0 Å². The third kappa shape index (κ3) is 3.01. The summed E-state index contributed by atoms with van der Waals surface area (Å²) in [5, 5.41) is 0. The highest BCUT2D eigenvalue weighted by molar-refractivity contribution is 9.10. The SMILES string of the molecule is COC(Cc1ccc(Br)c(F)c1)(OC)OC. The van der Waals surface area contributed by atoms with Crippen molar-refractivity contribution in [2.45, 2.75) is 12.4 Å². The van der Waals surface area contributed by atoms with Crippen LogP contribution in [0.25, 0.3) is 0 Å². The Kier molecular flexibility index (Phi) is 4.86. The number of hydrogen-bond acceptors (Lipinski definition) is 3. The minimum atomic E-state index is -1.17. The maximum Gasteiger partial charge on any atom is 0.286 e. The first-order valence-corrected chi connectivity index (χ1v) is 5.45. The Labute approximate surface area is 103 Å². The van der Waals surface area contributed by atoms with Gasteiger partial charge in [-0.15, -0.1) is 0 Å². The van der Waals surface area contributed by atoms with E-state index in [2.05, 4.69) is 15.9 Å². The Morgan fingerprint density at radius 2 is 1.75 bits per heavy atom. The molecule has 0 amide bonds. The monoisotopic (exact) mass is 292 g/mol. The lowest BCUT2D eigenvalue weighted by Gasteiger charge is -2.28. The van der Waals surface area contributed by atoms with E-state index < -0.39 is 5.97 Å². The van der Waals surface area contributed by atoms with E-state index >= 15 is 0 Å². The van der Waals surface area contributed by atoms with Gasteiger partial charge in [-0.05, 0) is 33.6 Å². The third-order valence-corrected chi connectivity index (χ3v) is 2.98. The summed E-state index contributed by atoms with van der Waals surface area (Å²) in [5.41, 5.74) is 0.728. The van der Waals surface area contributed by atoms with E-state index in [0.717, 1.165) is 5.56 Å². The van der Waals surface area contributed by atoms with E-state index in [9.17, 15) is 4.39 Å². The van der Waals surface area contributed by atoms with Crippen LogP contribution in [-0.4, -0.2) is 27.3 Å². The molecule has 5 heteroatoms. The van der Waals surface area contributed by atoms with Crippen molar-refractivity contribution in [2.75, 3.05) is 21.3 Å². The van der Waals surface area contributed by atoms with Gasteiger partial charge in [-0.25, -0.2) is 4.39 Å². The number of methoxy groups -OCH3 is 3. The van der Waals surface area contributed by atoms with Gasteiger partial charge in [-0.2, -0.15) is 0 Å². The molecule has 0 saturated heterocycles. The van der Waals surface area contributed by atoms with Crippen LogP contribution in [0.15, 0.2) is 22.7 Å². The van der Waals surface area contributed by atoms with Crippen LogP contribution in [0.1, 0.15) is 5.56 Å². The molecule has 1 aromatic carbocycles. The fourth-order valence-electron chi connectivity index (χ4n) is 1.37. The summed E-state index contributed by atoms with van der Waals surface area (Å²) < 4.78 is 29.1. The van der Waals surface area contributed by atoms with Crippen LogP contribution in [0, 0.1) is 5.82 Å². The molecule has 1 aromatic rings. The van der Waals surface area contributed by atoms with Gasteiger partial charge in [0.1, 0.15) is 5.82 Å². The minimum absolute atomic E-state index is 0.306. The van der Waals surface area contributed by atoms with Gasteiger partial charge in [0.25, 0.3) is 5.97 Å². The molecule has 0 bridgehead atoms. The van der Waals surface area contributed by atoms with E-state index in [1.54, 1.807) is 12.1 Å². The first kappa shape index (κ1) is 13.6. The molecule has 90 valence electrons. The first-order valence-electron chi connectivity index (χ1n) is 4.66. The van der Waals surface area contributed by atoms with Crippen LogP contribution in [0.4, 0.5) is 4.39 Å². The largest absolute Gasteiger partial charge is 0.331 e. The molecule has 3 nitrogen and oxygen atoms in total. The summed E-state index contributed by atoms with van der Waals surface area (Å²) in [5.74, 6) is -1.49. The summed E-state index contributed by atoms with van der Waals surface area (Å²) in [7, 11) is 4.42. The fraction of sp³-hybridized carbons (Fsp3) is 0.455. The van der Waals surface area contributed by atoms with Crippen LogP contribution < -0.4 is 0 Å². The molecule has 0 atom stereocenters. The van der Waals surface area contributed by atoms with Crippen molar-refractivity contribution in [3.05, 3.63) is 34.1 Å². The number of halogens is 2. The van der Waals surface area contributed by atoms with Gasteiger partial charge in [-0.3, -0.25) is 0 Å². The van der Waals surface area contributed by atoms with E-state index in [1.165, 1.54) is 27.4 Å². The van der Waals surface area contributed by atoms with Crippen LogP contribution in [-0.2, 0) is 20.6 Å². The zero-order valence-electron chi connectivity index (χ0n) is 9.42. The number of benzene rings is 1. The van der Waals surface area contributed by atoms with Crippen molar-refractivity contribution in [1.82, 2.24) is 0 Å². The summed E-state index contributed by atoms with van der Waals surface area (Å²) in [6, 6.07) is 4.82. The second-order valence-corrected chi connectivity index (χ2v) is 4.07. The molecule has 0 aliphatic carbocycles. The molecule has 0 fully saturated rings. The summed E-state index contributed by atoms with van der Waals surface area (Å²) in [4.78, 5) is 0. The van der Waals surface area contributed by atoms with Gasteiger partial charge in [0, 0.05) is 21.3 Å². The first-order chi connectivity index (χ1) is 7.56. The highest BCUT2D eigenvalue weighted by atomic mass is 79.9. The topological polar surface area (TPSA) is 27.7 Å². The van der Waals surface area contributed by atoms with Crippen molar-refractivity contribution >= 4 is 15.9 Å². The van der Waals surface area contributed by atoms with Gasteiger partial charge in [-0.1, -0.05) is 6.07 Å². The molecule has 1 rings (SSSR count). The molecule has 0 radical (unpaired) electrons. The fourth-order valence-corrected chi connectivity index (χ4v) is 1.61. The van der Waals surface area contributed by atoms with Crippen molar-refractivity contribution in [3.63, 3.8) is 0 Å². The molecule has 0 saturated carbocycles. The Hall–Kier alpha value is -0.490. The molecular weight excluding hydrogens is 279 g/mol. The lowest BCUT2D eigenvalue weighted by atomic mass is 10.1. The molecule has 0 aliphatic rings. The second kappa shape index (κ2) is 5.72. The average Bonchev–Trinajstić information content (AvgIpc) is 2.31. The molecule has 0 N–H and O–H groups in total. The average molecular weight is 293 g/mol. The molecule has 0 heterocycles. The Bertz CT molecular complexity index is 345. The van der Waals surface area contributed by atoms with Crippen LogP contribution in [0.2, 0.25) is 0 Å². The third-order valence-electron chi connectivity index (χ3n) is 2.34. The summed E-state index contributed by atoms with van der Waals surface area (Å²) >= 11 is 3.09. The van der Waals surface area contributed by atoms with E-state index in [0.29, 0.717) is 10.9 Å². The molecular formula is C11H14BrFO3. The second-order valence-electron chi connectivity index (χ2n) is 3.22. The predicted molar refractivity (Wildman–Crippen MR) is 61.6 cm³/mol. The maximum atomic E-state index is 13.3. The van der Waals surface area contributed by atoms with Crippen LogP contribution in [0.5, 0.6) is 0 Å². The van der Waals surface area contributed by atoms with Gasteiger partial charge in [0.15, 0.2) is 0 Å². The van der Waals surface area contributed by atoms with Crippen LogP contribution in [0.3, 0.4) is 0 Å². The normalized spacial score (nSPS) is 11.8. The Morgan fingerprint density at radius 3 is 2.19 bits per heavy atom. The molecule has 0 aromatic heterocycles. The Morgan fingerprint density at radius 1 is 1.19 bits per heavy atom. The maximum absolute atomic E-state index is 13.3. The highest BCUT2D eigenvalue weighted by Gasteiger charge is 2.30. The smallest absolute Gasteiger partial charge is 0.286 e. The zero-order valence-corrected chi connectivity index (χ0v) is 11.0. The standard InChI is InChI=1S/C11H14BrFO3/c1-14-11(15-2,16-3)7-8-4-5-9(12)10(13)6-8/h4-6H,7H2,1-3H3. The lowest BCUT2D eigenvalue weighted by molar-refractivity contribution is -0.350. The van der Waals surface area contributed by atoms with Crippen molar-refractivity contribution in [1.29, 1.82) is 0 Å². The molecule has 16 heavy (non-hydrogen) atoms. The molecule has 0 aliphatic heterocycles. The summed E-state index contributed by atoms with van der Waals surface area (Å²) in [6.45, 7) is 0. The summed E-state index contributed by atoms with van der Waals surface area (Å²) in [6.07, 6.45) is 0.306. The number of hydrogen-bond donors (Lipinski definition) is 0. The van der Waals surface area contributed by atoms with Crippen molar-refractivity contribution in [3.8, 4) is 0 Å². The molecule has 0 spiro atoms.